The van der Waals surface area contributed by atoms with Crippen molar-refractivity contribution in [2.45, 2.75) is 25.9 Å². The van der Waals surface area contributed by atoms with Gasteiger partial charge in [-0.05, 0) is 48.7 Å². The molecule has 0 saturated carbocycles. The lowest BCUT2D eigenvalue weighted by atomic mass is 9.93. The summed E-state index contributed by atoms with van der Waals surface area (Å²) in [5.74, 6) is 1.27. The predicted octanol–water partition coefficient (Wildman–Crippen LogP) is 3.59. The molecule has 23 heavy (non-hydrogen) atoms. The molecule has 0 spiro atoms. The number of furan rings is 1. The molecule has 0 bridgehead atoms. The van der Waals surface area contributed by atoms with Crippen molar-refractivity contribution < 1.29 is 13.2 Å². The molecule has 0 amide bonds. The van der Waals surface area contributed by atoms with Gasteiger partial charge in [0.1, 0.15) is 5.82 Å². The van der Waals surface area contributed by atoms with E-state index in [-0.39, 0.29) is 11.9 Å². The van der Waals surface area contributed by atoms with E-state index >= 15 is 0 Å². The molecule has 0 radical (unpaired) electrons. The zero-order valence-corrected chi connectivity index (χ0v) is 12.7. The molecule has 1 aliphatic rings. The average molecular weight is 313 g/mol. The second kappa shape index (κ2) is 5.62. The molecule has 3 heterocycles. The van der Waals surface area contributed by atoms with Crippen molar-refractivity contribution in [1.29, 1.82) is 0 Å². The molecular formula is C17H16FN3O2. The van der Waals surface area contributed by atoms with Crippen molar-refractivity contribution in [3.63, 3.8) is 0 Å². The SMILES string of the molecule is CC1c2cc(F)ccc2CCN1Cc1nnc(-c2ccco2)o1. The van der Waals surface area contributed by atoms with Gasteiger partial charge in [0.15, 0.2) is 5.76 Å². The number of aromatic nitrogens is 2. The zero-order valence-electron chi connectivity index (χ0n) is 12.7. The van der Waals surface area contributed by atoms with E-state index in [1.165, 1.54) is 11.6 Å². The van der Waals surface area contributed by atoms with E-state index in [9.17, 15) is 4.39 Å². The van der Waals surface area contributed by atoms with Gasteiger partial charge in [0, 0.05) is 12.6 Å². The van der Waals surface area contributed by atoms with Crippen LogP contribution in [0.3, 0.4) is 0 Å². The number of fused-ring (bicyclic) bond motifs is 1. The van der Waals surface area contributed by atoms with Crippen molar-refractivity contribution in [2.75, 3.05) is 6.54 Å². The minimum Gasteiger partial charge on any atom is -0.459 e. The highest BCUT2D eigenvalue weighted by Crippen LogP contribution is 2.31. The van der Waals surface area contributed by atoms with Crippen LogP contribution in [-0.2, 0) is 13.0 Å². The van der Waals surface area contributed by atoms with Gasteiger partial charge in [-0.15, -0.1) is 10.2 Å². The molecule has 5 nitrogen and oxygen atoms in total. The monoisotopic (exact) mass is 313 g/mol. The smallest absolute Gasteiger partial charge is 0.283 e. The summed E-state index contributed by atoms with van der Waals surface area (Å²) in [6, 6.07) is 8.68. The van der Waals surface area contributed by atoms with Gasteiger partial charge in [0.05, 0.1) is 12.8 Å². The van der Waals surface area contributed by atoms with E-state index in [0.717, 1.165) is 18.5 Å². The highest BCUT2D eigenvalue weighted by molar-refractivity contribution is 5.42. The Labute approximate surface area is 132 Å². The van der Waals surface area contributed by atoms with Crippen LogP contribution in [0.15, 0.2) is 45.4 Å². The Morgan fingerprint density at radius 3 is 3.04 bits per heavy atom. The molecule has 1 aromatic carbocycles. The van der Waals surface area contributed by atoms with Gasteiger partial charge in [-0.1, -0.05) is 6.07 Å². The summed E-state index contributed by atoms with van der Waals surface area (Å²) in [5, 5.41) is 8.09. The Morgan fingerprint density at radius 1 is 1.30 bits per heavy atom. The summed E-state index contributed by atoms with van der Waals surface area (Å²) in [5.41, 5.74) is 2.24. The maximum atomic E-state index is 13.5. The number of hydrogen-bond donors (Lipinski definition) is 0. The third-order valence-electron chi connectivity index (χ3n) is 4.31. The molecule has 1 aliphatic heterocycles. The molecule has 0 N–H and O–H groups in total. The summed E-state index contributed by atoms with van der Waals surface area (Å²) in [7, 11) is 0. The summed E-state index contributed by atoms with van der Waals surface area (Å²) < 4.78 is 24.4. The first-order valence-electron chi connectivity index (χ1n) is 7.59. The van der Waals surface area contributed by atoms with Crippen LogP contribution in [0.5, 0.6) is 0 Å². The molecule has 2 aromatic heterocycles. The lowest BCUT2D eigenvalue weighted by Gasteiger charge is -2.34. The van der Waals surface area contributed by atoms with Crippen molar-refractivity contribution in [1.82, 2.24) is 15.1 Å². The fourth-order valence-electron chi connectivity index (χ4n) is 3.04. The number of rotatable bonds is 3. The molecule has 4 rings (SSSR count). The number of hydrogen-bond acceptors (Lipinski definition) is 5. The topological polar surface area (TPSA) is 55.3 Å². The molecule has 0 saturated heterocycles. The van der Waals surface area contributed by atoms with Gasteiger partial charge >= 0.3 is 0 Å². The van der Waals surface area contributed by atoms with E-state index in [2.05, 4.69) is 22.0 Å². The Bertz CT molecular complexity index is 813. The Balaban J connectivity index is 1.54. The Kier molecular flexibility index (Phi) is 3.46. The lowest BCUT2D eigenvalue weighted by Crippen LogP contribution is -2.33. The fraction of sp³-hybridized carbons (Fsp3) is 0.294. The van der Waals surface area contributed by atoms with Crippen LogP contribution in [0, 0.1) is 5.82 Å². The summed E-state index contributed by atoms with van der Waals surface area (Å²) >= 11 is 0. The highest BCUT2D eigenvalue weighted by Gasteiger charge is 2.26. The molecule has 6 heteroatoms. The Morgan fingerprint density at radius 2 is 2.22 bits per heavy atom. The predicted molar refractivity (Wildman–Crippen MR) is 80.9 cm³/mol. The number of nitrogens with zero attached hydrogens (tertiary/aromatic N) is 3. The molecule has 1 atom stereocenters. The van der Waals surface area contributed by atoms with Gasteiger partial charge in [0.25, 0.3) is 5.89 Å². The van der Waals surface area contributed by atoms with Crippen LogP contribution in [0.25, 0.3) is 11.7 Å². The largest absolute Gasteiger partial charge is 0.459 e. The summed E-state index contributed by atoms with van der Waals surface area (Å²) in [6.07, 6.45) is 2.45. The van der Waals surface area contributed by atoms with Crippen LogP contribution in [0.4, 0.5) is 4.39 Å². The summed E-state index contributed by atoms with van der Waals surface area (Å²) in [4.78, 5) is 2.21. The van der Waals surface area contributed by atoms with Gasteiger partial charge in [-0.25, -0.2) is 4.39 Å². The van der Waals surface area contributed by atoms with E-state index in [1.807, 2.05) is 6.07 Å². The fourth-order valence-corrected chi connectivity index (χ4v) is 3.04. The van der Waals surface area contributed by atoms with Gasteiger partial charge < -0.3 is 8.83 Å². The first-order valence-corrected chi connectivity index (χ1v) is 7.59. The first-order chi connectivity index (χ1) is 11.2. The van der Waals surface area contributed by atoms with Crippen LogP contribution in [-0.4, -0.2) is 21.6 Å². The first kappa shape index (κ1) is 14.1. The van der Waals surface area contributed by atoms with Crippen molar-refractivity contribution in [3.05, 3.63) is 59.4 Å². The van der Waals surface area contributed by atoms with Gasteiger partial charge in [-0.3, -0.25) is 4.90 Å². The minimum absolute atomic E-state index is 0.105. The third-order valence-corrected chi connectivity index (χ3v) is 4.31. The van der Waals surface area contributed by atoms with E-state index in [4.69, 9.17) is 8.83 Å². The third kappa shape index (κ3) is 2.66. The highest BCUT2D eigenvalue weighted by atomic mass is 19.1. The van der Waals surface area contributed by atoms with Gasteiger partial charge in [0.2, 0.25) is 5.89 Å². The van der Waals surface area contributed by atoms with E-state index in [1.54, 1.807) is 24.5 Å². The quantitative estimate of drug-likeness (QED) is 0.739. The van der Waals surface area contributed by atoms with Crippen molar-refractivity contribution in [3.8, 4) is 11.7 Å². The summed E-state index contributed by atoms with van der Waals surface area (Å²) in [6.45, 7) is 3.48. The molecule has 0 fully saturated rings. The number of halogens is 1. The molecule has 0 aliphatic carbocycles. The zero-order chi connectivity index (χ0) is 15.8. The van der Waals surface area contributed by atoms with Crippen LogP contribution in [0.1, 0.15) is 30.0 Å². The van der Waals surface area contributed by atoms with Gasteiger partial charge in [-0.2, -0.15) is 0 Å². The van der Waals surface area contributed by atoms with Crippen LogP contribution < -0.4 is 0 Å². The second-order valence-corrected chi connectivity index (χ2v) is 5.72. The molecule has 3 aromatic rings. The maximum absolute atomic E-state index is 13.5. The average Bonchev–Trinajstić information content (AvgIpc) is 3.22. The normalized spacial score (nSPS) is 18.1. The number of benzene rings is 1. The van der Waals surface area contributed by atoms with Crippen molar-refractivity contribution >= 4 is 0 Å². The molecular weight excluding hydrogens is 297 g/mol. The second-order valence-electron chi connectivity index (χ2n) is 5.72. The van der Waals surface area contributed by atoms with E-state index < -0.39 is 0 Å². The van der Waals surface area contributed by atoms with Crippen LogP contribution >= 0.6 is 0 Å². The minimum atomic E-state index is -0.199. The van der Waals surface area contributed by atoms with E-state index in [0.29, 0.717) is 24.1 Å². The standard InChI is InChI=1S/C17H16FN3O2/c1-11-14-9-13(18)5-4-12(14)6-7-21(11)10-16-19-20-17(23-16)15-3-2-8-22-15/h2-5,8-9,11H,6-7,10H2,1H3. The van der Waals surface area contributed by atoms with Crippen LogP contribution in [0.2, 0.25) is 0 Å². The molecule has 118 valence electrons. The lowest BCUT2D eigenvalue weighted by molar-refractivity contribution is 0.172. The van der Waals surface area contributed by atoms with Crippen molar-refractivity contribution in [2.24, 2.45) is 0 Å². The Hall–Kier alpha value is -2.47. The molecule has 1 unspecified atom stereocenters. The maximum Gasteiger partial charge on any atom is 0.283 e.